The quantitative estimate of drug-likeness (QED) is 0.324. The third-order valence-electron chi connectivity index (χ3n) is 8.23. The number of aromatic nitrogens is 3. The van der Waals surface area contributed by atoms with Gasteiger partial charge >= 0.3 is 12.1 Å². The molecule has 11 heteroatoms. The number of carbonyl (C=O) groups is 2. The molecule has 4 N–H and O–H groups in total. The van der Waals surface area contributed by atoms with E-state index >= 15 is 0 Å². The van der Waals surface area contributed by atoms with E-state index in [9.17, 15) is 14.7 Å². The molecule has 2 aromatic heterocycles. The summed E-state index contributed by atoms with van der Waals surface area (Å²) in [5.41, 5.74) is 4.27. The van der Waals surface area contributed by atoms with Crippen molar-refractivity contribution in [2.75, 3.05) is 48.3 Å². The summed E-state index contributed by atoms with van der Waals surface area (Å²) in [6.45, 7) is 6.86. The number of aliphatic carboxylic acids is 1. The molecular weight excluding hydrogens is 534 g/mol. The fourth-order valence-electron chi connectivity index (χ4n) is 5.72. The first-order valence-electron chi connectivity index (χ1n) is 15.0. The number of hydrogen-bond acceptors (Lipinski definition) is 9. The number of aryl methyl sites for hydroxylation is 1. The Bertz CT molecular complexity index is 1340. The van der Waals surface area contributed by atoms with Gasteiger partial charge in [0.1, 0.15) is 36.4 Å². The highest BCUT2D eigenvalue weighted by Gasteiger charge is 2.27. The van der Waals surface area contributed by atoms with E-state index in [0.717, 1.165) is 80.2 Å². The van der Waals surface area contributed by atoms with E-state index in [2.05, 4.69) is 56.0 Å². The second-order valence-electron chi connectivity index (χ2n) is 11.3. The van der Waals surface area contributed by atoms with Crippen molar-refractivity contribution < 1.29 is 19.4 Å². The standard InChI is InChI=1S/C31H41N7O4/c1-3-24-28(33-17-26(30(39)40)37-31(41)42-18-21-8-6-20(2)7-9-21)34-19-35-29(24)38-15-12-22(13-16-38)25-11-10-23-5-4-14-32-27(23)36-25/h6,8-11,19-20,22,26H,3-5,7,12-18H2,1-2H3,(H,32,36)(H,37,41)(H,39,40)(H,33,34,35). The van der Waals surface area contributed by atoms with Crippen LogP contribution in [-0.4, -0.2) is 70.9 Å². The maximum Gasteiger partial charge on any atom is 0.408 e. The Hall–Kier alpha value is -4.15. The number of anilines is 3. The van der Waals surface area contributed by atoms with Gasteiger partial charge in [-0.15, -0.1) is 0 Å². The molecule has 2 aromatic rings. The van der Waals surface area contributed by atoms with Crippen molar-refractivity contribution in [1.29, 1.82) is 0 Å². The number of pyridine rings is 1. The van der Waals surface area contributed by atoms with Gasteiger partial charge in [0.05, 0.1) is 0 Å². The SMILES string of the molecule is CCc1c(NCC(NC(=O)OCC2=CCC(C)C=C2)C(=O)O)ncnc1N1CCC(c2ccc3c(n2)NCCC3)CC1. The largest absolute Gasteiger partial charge is 0.480 e. The van der Waals surface area contributed by atoms with Crippen LogP contribution in [0.2, 0.25) is 0 Å². The maximum absolute atomic E-state index is 12.3. The zero-order valence-corrected chi connectivity index (χ0v) is 24.4. The van der Waals surface area contributed by atoms with Gasteiger partial charge < -0.3 is 30.7 Å². The minimum absolute atomic E-state index is 0.0475. The van der Waals surface area contributed by atoms with Gasteiger partial charge in [0.2, 0.25) is 0 Å². The molecule has 0 spiro atoms. The number of carbonyl (C=O) groups excluding carboxylic acids is 1. The molecule has 2 aliphatic heterocycles. The molecule has 2 atom stereocenters. The van der Waals surface area contributed by atoms with Gasteiger partial charge in [-0.1, -0.05) is 38.1 Å². The molecule has 3 aliphatic rings. The first-order valence-corrected chi connectivity index (χ1v) is 15.0. The number of piperidine rings is 1. The van der Waals surface area contributed by atoms with Crippen LogP contribution in [0.3, 0.4) is 0 Å². The lowest BCUT2D eigenvalue weighted by atomic mass is 9.92. The number of carboxylic acids is 1. The van der Waals surface area contributed by atoms with Crippen LogP contribution in [0.4, 0.5) is 22.2 Å². The maximum atomic E-state index is 12.3. The highest BCUT2D eigenvalue weighted by molar-refractivity contribution is 5.80. The van der Waals surface area contributed by atoms with Gasteiger partial charge in [0.15, 0.2) is 0 Å². The number of carboxylic acid groups (broad SMARTS) is 1. The number of fused-ring (bicyclic) bond motifs is 1. The van der Waals surface area contributed by atoms with Gasteiger partial charge in [-0.2, -0.15) is 0 Å². The molecular formula is C31H41N7O4. The van der Waals surface area contributed by atoms with Gasteiger partial charge in [-0.25, -0.2) is 24.5 Å². The average Bonchev–Trinajstić information content (AvgIpc) is 3.02. The van der Waals surface area contributed by atoms with Crippen LogP contribution in [-0.2, 0) is 22.4 Å². The summed E-state index contributed by atoms with van der Waals surface area (Å²) in [7, 11) is 0. The predicted molar refractivity (Wildman–Crippen MR) is 162 cm³/mol. The molecule has 1 saturated heterocycles. The monoisotopic (exact) mass is 575 g/mol. The van der Waals surface area contributed by atoms with Crippen LogP contribution in [0.15, 0.2) is 42.3 Å². The van der Waals surface area contributed by atoms with E-state index in [1.54, 1.807) is 0 Å². The Labute approximate surface area is 246 Å². The molecule has 224 valence electrons. The van der Waals surface area contributed by atoms with E-state index in [4.69, 9.17) is 9.72 Å². The molecule has 5 rings (SSSR count). The Morgan fingerprint density at radius 2 is 2.07 bits per heavy atom. The Morgan fingerprint density at radius 1 is 1.24 bits per heavy atom. The van der Waals surface area contributed by atoms with Crippen LogP contribution in [0.25, 0.3) is 0 Å². The third kappa shape index (κ3) is 7.18. The van der Waals surface area contributed by atoms with Crippen molar-refractivity contribution in [2.45, 2.75) is 64.3 Å². The van der Waals surface area contributed by atoms with Gasteiger partial charge in [0.25, 0.3) is 0 Å². The summed E-state index contributed by atoms with van der Waals surface area (Å²) < 4.78 is 5.26. The average molecular weight is 576 g/mol. The van der Waals surface area contributed by atoms with Gasteiger partial charge in [0, 0.05) is 43.4 Å². The first-order chi connectivity index (χ1) is 20.4. The van der Waals surface area contributed by atoms with E-state index in [1.165, 1.54) is 11.9 Å². The summed E-state index contributed by atoms with van der Waals surface area (Å²) in [4.78, 5) is 40.5. The summed E-state index contributed by atoms with van der Waals surface area (Å²) in [6.07, 6.45) is 12.5. The van der Waals surface area contributed by atoms with E-state index in [-0.39, 0.29) is 13.2 Å². The molecule has 0 aromatic carbocycles. The number of ether oxygens (including phenoxy) is 1. The zero-order valence-electron chi connectivity index (χ0n) is 24.4. The van der Waals surface area contributed by atoms with Crippen molar-refractivity contribution in [3.05, 3.63) is 59.1 Å². The van der Waals surface area contributed by atoms with E-state index < -0.39 is 18.1 Å². The topological polar surface area (TPSA) is 142 Å². The van der Waals surface area contributed by atoms with Crippen LogP contribution >= 0.6 is 0 Å². The molecule has 1 fully saturated rings. The zero-order chi connectivity index (χ0) is 29.5. The molecule has 0 saturated carbocycles. The fourth-order valence-corrected chi connectivity index (χ4v) is 5.72. The normalized spacial score (nSPS) is 19.2. The number of nitrogens with one attached hydrogen (secondary N) is 3. The summed E-state index contributed by atoms with van der Waals surface area (Å²) in [5, 5.41) is 18.8. The third-order valence-corrected chi connectivity index (χ3v) is 8.23. The number of allylic oxidation sites excluding steroid dienone is 2. The Morgan fingerprint density at radius 3 is 2.81 bits per heavy atom. The molecule has 42 heavy (non-hydrogen) atoms. The fraction of sp³-hybridized carbons (Fsp3) is 0.516. The molecule has 1 aliphatic carbocycles. The highest BCUT2D eigenvalue weighted by atomic mass is 16.5. The van der Waals surface area contributed by atoms with Crippen LogP contribution < -0.4 is 20.9 Å². The molecule has 4 heterocycles. The van der Waals surface area contributed by atoms with E-state index in [1.807, 2.05) is 19.1 Å². The minimum atomic E-state index is -1.19. The van der Waals surface area contributed by atoms with E-state index in [0.29, 0.717) is 24.1 Å². The van der Waals surface area contributed by atoms with Crippen molar-refractivity contribution in [1.82, 2.24) is 20.3 Å². The smallest absolute Gasteiger partial charge is 0.408 e. The second kappa shape index (κ2) is 13.7. The second-order valence-corrected chi connectivity index (χ2v) is 11.3. The molecule has 0 bridgehead atoms. The Balaban J connectivity index is 1.17. The first kappa shape index (κ1) is 29.3. The number of hydrogen-bond donors (Lipinski definition) is 4. The highest BCUT2D eigenvalue weighted by Crippen LogP contribution is 2.33. The van der Waals surface area contributed by atoms with Crippen LogP contribution in [0, 0.1) is 5.92 Å². The molecule has 0 radical (unpaired) electrons. The predicted octanol–water partition coefficient (Wildman–Crippen LogP) is 4.29. The number of rotatable bonds is 10. The lowest BCUT2D eigenvalue weighted by Crippen LogP contribution is -2.45. The Kier molecular flexibility index (Phi) is 9.55. The lowest BCUT2D eigenvalue weighted by Gasteiger charge is -2.34. The molecule has 2 unspecified atom stereocenters. The number of amides is 1. The van der Waals surface area contributed by atoms with Crippen LogP contribution in [0.1, 0.15) is 62.3 Å². The number of nitrogens with zero attached hydrogens (tertiary/aromatic N) is 4. The van der Waals surface area contributed by atoms with Crippen molar-refractivity contribution in [3.63, 3.8) is 0 Å². The number of alkyl carbamates (subject to hydrolysis) is 1. The van der Waals surface area contributed by atoms with Crippen molar-refractivity contribution in [3.8, 4) is 0 Å². The van der Waals surface area contributed by atoms with Crippen molar-refractivity contribution >= 4 is 29.5 Å². The van der Waals surface area contributed by atoms with Crippen LogP contribution in [0.5, 0.6) is 0 Å². The van der Waals surface area contributed by atoms with Gasteiger partial charge in [-0.05, 0) is 61.6 Å². The van der Waals surface area contributed by atoms with Crippen molar-refractivity contribution in [2.24, 2.45) is 5.92 Å². The summed E-state index contributed by atoms with van der Waals surface area (Å²) in [5.74, 6) is 2.16. The van der Waals surface area contributed by atoms with Gasteiger partial charge in [-0.3, -0.25) is 0 Å². The lowest BCUT2D eigenvalue weighted by molar-refractivity contribution is -0.138. The molecule has 1 amide bonds. The molecule has 11 nitrogen and oxygen atoms in total. The summed E-state index contributed by atoms with van der Waals surface area (Å²) in [6, 6.07) is 3.22. The minimum Gasteiger partial charge on any atom is -0.480 e. The summed E-state index contributed by atoms with van der Waals surface area (Å²) >= 11 is 0.